The average molecular weight is 414 g/mol. The molecule has 30 heavy (non-hydrogen) atoms. The van der Waals surface area contributed by atoms with E-state index in [-0.39, 0.29) is 0 Å². The second kappa shape index (κ2) is 7.34. The molecule has 0 amide bonds. The number of nitrogens with zero attached hydrogens (tertiary/aromatic N) is 3. The van der Waals surface area contributed by atoms with Crippen LogP contribution in [0.2, 0.25) is 0 Å². The Balaban J connectivity index is 1.56. The first-order chi connectivity index (χ1) is 14.6. The summed E-state index contributed by atoms with van der Waals surface area (Å²) in [5, 5.41) is 15.1. The van der Waals surface area contributed by atoms with Gasteiger partial charge in [0.15, 0.2) is 0 Å². The fourth-order valence-electron chi connectivity index (χ4n) is 3.53. The summed E-state index contributed by atoms with van der Waals surface area (Å²) in [6.45, 7) is 0.746. The van der Waals surface area contributed by atoms with Crippen LogP contribution in [0, 0.1) is 11.3 Å². The van der Waals surface area contributed by atoms with Gasteiger partial charge < -0.3 is 19.6 Å². The smallest absolute Gasteiger partial charge is 0.126 e. The summed E-state index contributed by atoms with van der Waals surface area (Å²) in [6, 6.07) is 14.5. The molecule has 4 aromatic heterocycles. The van der Waals surface area contributed by atoms with Gasteiger partial charge in [-0.3, -0.25) is 0 Å². The molecule has 5 rings (SSSR count). The lowest BCUT2D eigenvalue weighted by Gasteiger charge is -2.09. The molecule has 0 fully saturated rings. The number of hydrogen-bond donors (Lipinski definition) is 2. The minimum atomic E-state index is 0.515. The molecule has 0 saturated heterocycles. The first kappa shape index (κ1) is 18.4. The molecule has 0 aliphatic rings. The monoisotopic (exact) mass is 413 g/mol. The highest BCUT2D eigenvalue weighted by Crippen LogP contribution is 2.39. The van der Waals surface area contributed by atoms with Crippen LogP contribution in [0.3, 0.4) is 0 Å². The topological polar surface area (TPSA) is 80.9 Å². The SMILES string of the molecule is CN(C)Cc1cc(-c2cc3c(Nc4ccc5[nH]ccc5c4)c(C#N)cnc3s2)co1. The van der Waals surface area contributed by atoms with Crippen molar-refractivity contribution in [2.45, 2.75) is 6.54 Å². The molecule has 0 spiro atoms. The maximum atomic E-state index is 9.65. The van der Waals surface area contributed by atoms with Crippen LogP contribution in [0.4, 0.5) is 11.4 Å². The molecule has 0 saturated carbocycles. The van der Waals surface area contributed by atoms with Gasteiger partial charge >= 0.3 is 0 Å². The summed E-state index contributed by atoms with van der Waals surface area (Å²) in [4.78, 5) is 11.7. The zero-order chi connectivity index (χ0) is 20.7. The van der Waals surface area contributed by atoms with Gasteiger partial charge in [-0.1, -0.05) is 0 Å². The number of anilines is 2. The van der Waals surface area contributed by atoms with E-state index in [2.05, 4.69) is 44.5 Å². The Labute approximate surface area is 177 Å². The summed E-state index contributed by atoms with van der Waals surface area (Å²) < 4.78 is 5.70. The summed E-state index contributed by atoms with van der Waals surface area (Å²) in [5.74, 6) is 0.913. The predicted molar refractivity (Wildman–Crippen MR) is 121 cm³/mol. The number of fused-ring (bicyclic) bond motifs is 2. The van der Waals surface area contributed by atoms with Crippen LogP contribution in [0.1, 0.15) is 11.3 Å². The quantitative estimate of drug-likeness (QED) is 0.385. The van der Waals surface area contributed by atoms with Crippen molar-refractivity contribution >= 4 is 43.8 Å². The second-order valence-corrected chi connectivity index (χ2v) is 8.46. The van der Waals surface area contributed by atoms with E-state index in [9.17, 15) is 5.26 Å². The van der Waals surface area contributed by atoms with E-state index < -0.39 is 0 Å². The maximum Gasteiger partial charge on any atom is 0.126 e. The lowest BCUT2D eigenvalue weighted by atomic mass is 10.1. The number of furan rings is 1. The molecule has 7 heteroatoms. The highest BCUT2D eigenvalue weighted by Gasteiger charge is 2.15. The number of thiophene rings is 1. The summed E-state index contributed by atoms with van der Waals surface area (Å²) in [5.41, 5.74) is 4.31. The number of pyridine rings is 1. The third kappa shape index (κ3) is 3.32. The van der Waals surface area contributed by atoms with Gasteiger partial charge in [0.1, 0.15) is 16.7 Å². The number of aromatic nitrogens is 2. The number of rotatable bonds is 5. The first-order valence-electron chi connectivity index (χ1n) is 9.50. The van der Waals surface area contributed by atoms with Gasteiger partial charge in [-0.2, -0.15) is 5.26 Å². The van der Waals surface area contributed by atoms with E-state index >= 15 is 0 Å². The molecule has 1 aromatic carbocycles. The molecule has 0 atom stereocenters. The van der Waals surface area contributed by atoms with Crippen LogP contribution >= 0.6 is 11.3 Å². The number of benzene rings is 1. The predicted octanol–water partition coefficient (Wildman–Crippen LogP) is 5.71. The average Bonchev–Trinajstić information content (AvgIpc) is 3.46. The maximum absolute atomic E-state index is 9.65. The molecule has 0 bridgehead atoms. The molecule has 5 aromatic rings. The van der Waals surface area contributed by atoms with Gasteiger partial charge in [0.05, 0.1) is 24.1 Å². The van der Waals surface area contributed by atoms with Gasteiger partial charge in [0, 0.05) is 44.8 Å². The normalized spacial score (nSPS) is 11.4. The Kier molecular flexibility index (Phi) is 4.51. The van der Waals surface area contributed by atoms with E-state index in [1.165, 1.54) is 0 Å². The molecular formula is C23H19N5OS. The minimum Gasteiger partial charge on any atom is -0.467 e. The number of nitrogens with one attached hydrogen (secondary N) is 2. The van der Waals surface area contributed by atoms with Crippen LogP contribution in [0.25, 0.3) is 31.6 Å². The standard InChI is InChI=1S/C23H19N5OS/c1-28(2)12-18-8-15(13-29-18)21-9-19-22(16(10-24)11-26-23(19)30-21)27-17-3-4-20-14(7-17)5-6-25-20/h3-9,11,13,25H,12H2,1-2H3,(H,26,27). The van der Waals surface area contributed by atoms with E-state index in [1.807, 2.05) is 38.5 Å². The van der Waals surface area contributed by atoms with Crippen molar-refractivity contribution < 1.29 is 4.42 Å². The molecule has 0 aliphatic carbocycles. The highest BCUT2D eigenvalue weighted by molar-refractivity contribution is 7.21. The summed E-state index contributed by atoms with van der Waals surface area (Å²) in [6.07, 6.45) is 5.33. The highest BCUT2D eigenvalue weighted by atomic mass is 32.1. The fraction of sp³-hybridized carbons (Fsp3) is 0.130. The van der Waals surface area contributed by atoms with Gasteiger partial charge in [-0.25, -0.2) is 4.98 Å². The largest absolute Gasteiger partial charge is 0.467 e. The van der Waals surface area contributed by atoms with Gasteiger partial charge in [0.2, 0.25) is 0 Å². The molecule has 148 valence electrons. The molecule has 0 radical (unpaired) electrons. The minimum absolute atomic E-state index is 0.515. The van der Waals surface area contributed by atoms with Crippen LogP contribution in [0.15, 0.2) is 59.5 Å². The number of aromatic amines is 1. The van der Waals surface area contributed by atoms with Crippen molar-refractivity contribution in [3.05, 3.63) is 66.4 Å². The Hall–Kier alpha value is -3.60. The van der Waals surface area contributed by atoms with Crippen LogP contribution < -0.4 is 5.32 Å². The van der Waals surface area contributed by atoms with Crippen molar-refractivity contribution in [3.8, 4) is 16.5 Å². The lowest BCUT2D eigenvalue weighted by molar-refractivity contribution is 0.350. The van der Waals surface area contributed by atoms with E-state index in [4.69, 9.17) is 4.42 Å². The number of hydrogen-bond acceptors (Lipinski definition) is 6. The Morgan fingerprint density at radius 3 is 2.97 bits per heavy atom. The zero-order valence-electron chi connectivity index (χ0n) is 16.6. The van der Waals surface area contributed by atoms with Crippen molar-refractivity contribution in [1.29, 1.82) is 5.26 Å². The number of nitriles is 1. The zero-order valence-corrected chi connectivity index (χ0v) is 17.4. The van der Waals surface area contributed by atoms with E-state index in [0.717, 1.165) is 55.2 Å². The Bertz CT molecular complexity index is 1400. The molecular weight excluding hydrogens is 394 g/mol. The Morgan fingerprint density at radius 1 is 1.23 bits per heavy atom. The third-order valence-corrected chi connectivity index (χ3v) is 6.01. The van der Waals surface area contributed by atoms with Crippen molar-refractivity contribution in [3.63, 3.8) is 0 Å². The third-order valence-electron chi connectivity index (χ3n) is 4.92. The van der Waals surface area contributed by atoms with Gasteiger partial charge in [0.25, 0.3) is 0 Å². The van der Waals surface area contributed by atoms with E-state index in [0.29, 0.717) is 5.56 Å². The van der Waals surface area contributed by atoms with Crippen LogP contribution in [-0.4, -0.2) is 29.0 Å². The van der Waals surface area contributed by atoms with Gasteiger partial charge in [-0.05, 0) is 50.5 Å². The number of H-pyrrole nitrogens is 1. The molecule has 6 nitrogen and oxygen atoms in total. The molecule has 4 heterocycles. The lowest BCUT2D eigenvalue weighted by Crippen LogP contribution is -2.09. The van der Waals surface area contributed by atoms with Crippen molar-refractivity contribution in [1.82, 2.24) is 14.9 Å². The molecule has 2 N–H and O–H groups in total. The second-order valence-electron chi connectivity index (χ2n) is 7.43. The first-order valence-corrected chi connectivity index (χ1v) is 10.3. The van der Waals surface area contributed by atoms with Crippen LogP contribution in [0.5, 0.6) is 0 Å². The summed E-state index contributed by atoms with van der Waals surface area (Å²) in [7, 11) is 4.02. The van der Waals surface area contributed by atoms with Crippen molar-refractivity contribution in [2.24, 2.45) is 0 Å². The van der Waals surface area contributed by atoms with Gasteiger partial charge in [-0.15, -0.1) is 11.3 Å². The molecule has 0 unspecified atom stereocenters. The summed E-state index contributed by atoms with van der Waals surface area (Å²) >= 11 is 1.59. The van der Waals surface area contributed by atoms with Crippen molar-refractivity contribution in [2.75, 3.05) is 19.4 Å². The van der Waals surface area contributed by atoms with Crippen LogP contribution in [-0.2, 0) is 6.54 Å². The molecule has 0 aliphatic heterocycles. The Morgan fingerprint density at radius 2 is 2.13 bits per heavy atom. The van der Waals surface area contributed by atoms with E-state index in [1.54, 1.807) is 23.8 Å². The fourth-order valence-corrected chi connectivity index (χ4v) is 4.52.